The number of carbonyl (C=O) groups excluding carboxylic acids is 1. The molecule has 0 unspecified atom stereocenters. The molecule has 1 amide bonds. The van der Waals surface area contributed by atoms with Crippen molar-refractivity contribution in [2.75, 3.05) is 24.6 Å². The van der Waals surface area contributed by atoms with Gasteiger partial charge in [0.15, 0.2) is 6.61 Å². The molecule has 0 atom stereocenters. The van der Waals surface area contributed by atoms with E-state index in [9.17, 15) is 4.79 Å². The molecule has 4 aliphatic carbocycles. The number of pyridine rings is 1. The highest BCUT2D eigenvalue weighted by atomic mass is 16.5. The Labute approximate surface area is 178 Å². The number of benzene rings is 1. The summed E-state index contributed by atoms with van der Waals surface area (Å²) in [4.78, 5) is 20.1. The predicted octanol–water partition coefficient (Wildman–Crippen LogP) is 4.30. The standard InChI is InChI=1S/C25H31N3O2/c29-23(27-25-13-17-10-18(14-25)12-19(11-17)15-25)16-30-21-5-3-4-20-6-7-22(26-24(20)21)28-8-1-2-9-28/h3-7,17-19H,1-2,8-16H2,(H,27,29). The molecule has 30 heavy (non-hydrogen) atoms. The molecule has 4 bridgehead atoms. The first-order valence-electron chi connectivity index (χ1n) is 11.7. The van der Waals surface area contributed by atoms with Crippen LogP contribution in [0.4, 0.5) is 5.82 Å². The van der Waals surface area contributed by atoms with Crippen molar-refractivity contribution < 1.29 is 9.53 Å². The first-order chi connectivity index (χ1) is 14.7. The topological polar surface area (TPSA) is 54.5 Å². The van der Waals surface area contributed by atoms with Crippen LogP contribution < -0.4 is 15.0 Å². The van der Waals surface area contributed by atoms with Crippen molar-refractivity contribution in [1.82, 2.24) is 10.3 Å². The normalized spacial score (nSPS) is 32.0. The van der Waals surface area contributed by atoms with E-state index in [1.54, 1.807) is 0 Å². The van der Waals surface area contributed by atoms with Crippen molar-refractivity contribution in [3.05, 3.63) is 30.3 Å². The number of nitrogens with zero attached hydrogens (tertiary/aromatic N) is 2. The van der Waals surface area contributed by atoms with Gasteiger partial charge in [0.25, 0.3) is 5.91 Å². The number of hydrogen-bond donors (Lipinski definition) is 1. The zero-order chi connectivity index (χ0) is 20.1. The molecule has 7 rings (SSSR count). The average molecular weight is 406 g/mol. The van der Waals surface area contributed by atoms with E-state index < -0.39 is 0 Å². The van der Waals surface area contributed by atoms with Gasteiger partial charge in [-0.15, -0.1) is 0 Å². The summed E-state index contributed by atoms with van der Waals surface area (Å²) >= 11 is 0. The van der Waals surface area contributed by atoms with Crippen LogP contribution in [0.3, 0.4) is 0 Å². The molecular weight excluding hydrogens is 374 g/mol. The number of anilines is 1. The van der Waals surface area contributed by atoms with Crippen molar-refractivity contribution in [3.8, 4) is 5.75 Å². The van der Waals surface area contributed by atoms with Gasteiger partial charge in [0.2, 0.25) is 0 Å². The van der Waals surface area contributed by atoms with Crippen LogP contribution in [0.15, 0.2) is 30.3 Å². The molecule has 1 aromatic heterocycles. The quantitative estimate of drug-likeness (QED) is 0.806. The van der Waals surface area contributed by atoms with Gasteiger partial charge in [0.1, 0.15) is 17.1 Å². The Balaban J connectivity index is 1.16. The zero-order valence-electron chi connectivity index (χ0n) is 17.6. The molecule has 0 radical (unpaired) electrons. The molecule has 1 saturated heterocycles. The number of nitrogens with one attached hydrogen (secondary N) is 1. The summed E-state index contributed by atoms with van der Waals surface area (Å²) in [6.07, 6.45) is 10.1. The van der Waals surface area contributed by atoms with Gasteiger partial charge in [-0.05, 0) is 87.3 Å². The summed E-state index contributed by atoms with van der Waals surface area (Å²) in [5.41, 5.74) is 0.888. The van der Waals surface area contributed by atoms with Crippen LogP contribution in [0, 0.1) is 17.8 Å². The van der Waals surface area contributed by atoms with Gasteiger partial charge in [-0.1, -0.05) is 12.1 Å². The fraction of sp³-hybridized carbons (Fsp3) is 0.600. The van der Waals surface area contributed by atoms with Crippen LogP contribution in [0.5, 0.6) is 5.75 Å². The van der Waals surface area contributed by atoms with E-state index >= 15 is 0 Å². The van der Waals surface area contributed by atoms with Crippen LogP contribution in [0.25, 0.3) is 10.9 Å². The summed E-state index contributed by atoms with van der Waals surface area (Å²) in [6.45, 7) is 2.19. The fourth-order valence-corrected chi connectivity index (χ4v) is 7.09. The van der Waals surface area contributed by atoms with Crippen molar-refractivity contribution in [3.63, 3.8) is 0 Å². The first kappa shape index (κ1) is 18.5. The summed E-state index contributed by atoms with van der Waals surface area (Å²) in [6, 6.07) is 10.2. The first-order valence-corrected chi connectivity index (χ1v) is 11.7. The molecule has 1 aliphatic heterocycles. The van der Waals surface area contributed by atoms with E-state index in [-0.39, 0.29) is 18.1 Å². The molecule has 5 nitrogen and oxygen atoms in total. The molecule has 5 heteroatoms. The lowest BCUT2D eigenvalue weighted by Crippen LogP contribution is -2.60. The summed E-state index contributed by atoms with van der Waals surface area (Å²) in [5.74, 6) is 4.20. The summed E-state index contributed by atoms with van der Waals surface area (Å²) < 4.78 is 6.02. The van der Waals surface area contributed by atoms with Crippen LogP contribution in [0.2, 0.25) is 0 Å². The molecule has 158 valence electrons. The number of rotatable bonds is 5. The number of aromatic nitrogens is 1. The van der Waals surface area contributed by atoms with Gasteiger partial charge in [-0.3, -0.25) is 4.79 Å². The maximum absolute atomic E-state index is 12.8. The van der Waals surface area contributed by atoms with E-state index in [2.05, 4.69) is 28.4 Å². The molecule has 4 saturated carbocycles. The van der Waals surface area contributed by atoms with Crippen LogP contribution >= 0.6 is 0 Å². The maximum Gasteiger partial charge on any atom is 0.258 e. The Morgan fingerprint density at radius 3 is 2.43 bits per heavy atom. The van der Waals surface area contributed by atoms with Gasteiger partial charge >= 0.3 is 0 Å². The third kappa shape index (κ3) is 3.32. The molecule has 1 aromatic carbocycles. The van der Waals surface area contributed by atoms with Gasteiger partial charge < -0.3 is 15.0 Å². The molecule has 2 aromatic rings. The zero-order valence-corrected chi connectivity index (χ0v) is 17.6. The Morgan fingerprint density at radius 2 is 1.73 bits per heavy atom. The van der Waals surface area contributed by atoms with Crippen LogP contribution in [-0.2, 0) is 4.79 Å². The van der Waals surface area contributed by atoms with Crippen LogP contribution in [-0.4, -0.2) is 36.1 Å². The second kappa shape index (κ2) is 7.14. The summed E-state index contributed by atoms with van der Waals surface area (Å²) in [7, 11) is 0. The Bertz CT molecular complexity index is 931. The highest BCUT2D eigenvalue weighted by molar-refractivity contribution is 5.86. The number of fused-ring (bicyclic) bond motifs is 1. The van der Waals surface area contributed by atoms with Gasteiger partial charge in [0.05, 0.1) is 0 Å². The molecule has 0 spiro atoms. The number of ether oxygens (including phenoxy) is 1. The second-order valence-electron chi connectivity index (χ2n) is 10.2. The lowest BCUT2D eigenvalue weighted by atomic mass is 9.53. The minimum Gasteiger partial charge on any atom is -0.481 e. The Hall–Kier alpha value is -2.30. The highest BCUT2D eigenvalue weighted by Gasteiger charge is 2.51. The minimum atomic E-state index is 0.0182. The lowest BCUT2D eigenvalue weighted by Gasteiger charge is -2.56. The lowest BCUT2D eigenvalue weighted by molar-refractivity contribution is -0.128. The average Bonchev–Trinajstić information content (AvgIpc) is 3.25. The fourth-order valence-electron chi connectivity index (χ4n) is 7.09. The van der Waals surface area contributed by atoms with E-state index in [0.717, 1.165) is 47.6 Å². The number of amides is 1. The van der Waals surface area contributed by atoms with Gasteiger partial charge in [-0.2, -0.15) is 0 Å². The van der Waals surface area contributed by atoms with Crippen molar-refractivity contribution in [2.24, 2.45) is 17.8 Å². The maximum atomic E-state index is 12.8. The second-order valence-corrected chi connectivity index (χ2v) is 10.2. The van der Waals surface area contributed by atoms with Crippen molar-refractivity contribution in [1.29, 1.82) is 0 Å². The van der Waals surface area contributed by atoms with Gasteiger partial charge in [-0.25, -0.2) is 4.98 Å². The third-order valence-corrected chi connectivity index (χ3v) is 7.90. The molecule has 2 heterocycles. The van der Waals surface area contributed by atoms with Crippen molar-refractivity contribution in [2.45, 2.75) is 56.9 Å². The summed E-state index contributed by atoms with van der Waals surface area (Å²) in [5, 5.41) is 4.46. The SMILES string of the molecule is O=C(COc1cccc2ccc(N3CCCC3)nc12)NC12CC3CC(CC(C3)C1)C2. The molecule has 5 fully saturated rings. The largest absolute Gasteiger partial charge is 0.481 e. The van der Waals surface area contributed by atoms with Crippen LogP contribution in [0.1, 0.15) is 51.4 Å². The number of hydrogen-bond acceptors (Lipinski definition) is 4. The Morgan fingerprint density at radius 1 is 1.03 bits per heavy atom. The monoisotopic (exact) mass is 405 g/mol. The van der Waals surface area contributed by atoms with E-state index in [4.69, 9.17) is 9.72 Å². The highest BCUT2D eigenvalue weighted by Crippen LogP contribution is 2.55. The predicted molar refractivity (Wildman–Crippen MR) is 118 cm³/mol. The van der Waals surface area contributed by atoms with Crippen molar-refractivity contribution >= 4 is 22.6 Å². The Kier molecular flexibility index (Phi) is 4.39. The van der Waals surface area contributed by atoms with E-state index in [1.165, 1.54) is 51.4 Å². The molecule has 5 aliphatic rings. The number of para-hydroxylation sites is 1. The number of carbonyl (C=O) groups is 1. The third-order valence-electron chi connectivity index (χ3n) is 7.90. The smallest absolute Gasteiger partial charge is 0.258 e. The van der Waals surface area contributed by atoms with E-state index in [1.807, 2.05) is 12.1 Å². The minimum absolute atomic E-state index is 0.0182. The van der Waals surface area contributed by atoms with E-state index in [0.29, 0.717) is 5.75 Å². The molecular formula is C25H31N3O2. The molecule has 1 N–H and O–H groups in total. The van der Waals surface area contributed by atoms with Gasteiger partial charge in [0, 0.05) is 24.0 Å².